The van der Waals surface area contributed by atoms with Gasteiger partial charge in [-0.3, -0.25) is 4.79 Å². The summed E-state index contributed by atoms with van der Waals surface area (Å²) in [6.45, 7) is 0.789. The van der Waals surface area contributed by atoms with E-state index < -0.39 is 11.7 Å². The summed E-state index contributed by atoms with van der Waals surface area (Å²) in [4.78, 5) is 18.7. The number of rotatable bonds is 6. The normalized spacial score (nSPS) is 12.0. The molecule has 2 N–H and O–H groups in total. The van der Waals surface area contributed by atoms with E-state index in [-0.39, 0.29) is 19.0 Å². The van der Waals surface area contributed by atoms with Crippen molar-refractivity contribution in [2.45, 2.75) is 19.3 Å². The highest BCUT2D eigenvalue weighted by atomic mass is 32.1. The Morgan fingerprint density at radius 2 is 1.85 bits per heavy atom. The van der Waals surface area contributed by atoms with Crippen molar-refractivity contribution in [3.63, 3.8) is 0 Å². The number of benzene rings is 1. The van der Waals surface area contributed by atoms with Gasteiger partial charge in [0.1, 0.15) is 0 Å². The van der Waals surface area contributed by atoms with Crippen LogP contribution in [0, 0.1) is 0 Å². The summed E-state index contributed by atoms with van der Waals surface area (Å²) in [5, 5.41) is 8.02. The third-order valence-corrected chi connectivity index (χ3v) is 4.49. The van der Waals surface area contributed by atoms with Crippen molar-refractivity contribution in [2.24, 2.45) is 4.99 Å². The van der Waals surface area contributed by atoms with Crippen LogP contribution in [-0.4, -0.2) is 37.4 Å². The average Bonchev–Trinajstić information content (AvgIpc) is 3.13. The second-order valence-electron chi connectivity index (χ2n) is 5.93. The quantitative estimate of drug-likeness (QED) is 0.581. The number of carbonyl (C=O) groups excluding carboxylic acids is 1. The minimum Gasteiger partial charge on any atom is -0.351 e. The van der Waals surface area contributed by atoms with Crippen LogP contribution < -0.4 is 10.6 Å². The van der Waals surface area contributed by atoms with Gasteiger partial charge in [-0.05, 0) is 29.1 Å². The predicted molar refractivity (Wildman–Crippen MR) is 100 cm³/mol. The number of likely N-dealkylation sites (N-methyl/N-ethyl adjacent to an activating group) is 1. The summed E-state index contributed by atoms with van der Waals surface area (Å²) < 4.78 is 37.9. The molecule has 9 heteroatoms. The number of halogens is 3. The van der Waals surface area contributed by atoms with Gasteiger partial charge in [-0.25, -0.2) is 4.99 Å². The maximum atomic E-state index is 12.6. The molecule has 0 fully saturated rings. The van der Waals surface area contributed by atoms with Crippen molar-refractivity contribution in [3.8, 4) is 0 Å². The highest BCUT2D eigenvalue weighted by molar-refractivity contribution is 7.09. The molecular formula is C18H21F3N4OS. The van der Waals surface area contributed by atoms with Gasteiger partial charge in [-0.15, -0.1) is 11.3 Å². The largest absolute Gasteiger partial charge is 0.416 e. The van der Waals surface area contributed by atoms with Crippen LogP contribution in [0.5, 0.6) is 0 Å². The minimum atomic E-state index is -4.36. The molecule has 1 aromatic carbocycles. The number of aliphatic imine (C=N–C) groups is 1. The van der Waals surface area contributed by atoms with Crippen molar-refractivity contribution in [1.82, 2.24) is 15.5 Å². The second-order valence-corrected chi connectivity index (χ2v) is 6.97. The summed E-state index contributed by atoms with van der Waals surface area (Å²) >= 11 is 1.59. The number of thiophene rings is 1. The Balaban J connectivity index is 2.02. The lowest BCUT2D eigenvalue weighted by Crippen LogP contribution is -2.42. The summed E-state index contributed by atoms with van der Waals surface area (Å²) in [5.74, 6) is 0.300. The van der Waals surface area contributed by atoms with E-state index in [9.17, 15) is 18.0 Å². The fourth-order valence-electron chi connectivity index (χ4n) is 2.05. The fraction of sp³-hybridized carbons (Fsp3) is 0.333. The second kappa shape index (κ2) is 9.40. The highest BCUT2D eigenvalue weighted by Crippen LogP contribution is 2.29. The molecule has 0 atom stereocenters. The van der Waals surface area contributed by atoms with E-state index in [4.69, 9.17) is 0 Å². The molecule has 27 heavy (non-hydrogen) atoms. The van der Waals surface area contributed by atoms with E-state index in [1.807, 2.05) is 17.5 Å². The Hall–Kier alpha value is -2.55. The van der Waals surface area contributed by atoms with E-state index in [0.29, 0.717) is 18.1 Å². The summed E-state index contributed by atoms with van der Waals surface area (Å²) in [5.41, 5.74) is -0.0554. The van der Waals surface area contributed by atoms with Crippen LogP contribution in [0.15, 0.2) is 46.8 Å². The van der Waals surface area contributed by atoms with Crippen molar-refractivity contribution in [1.29, 1.82) is 0 Å². The van der Waals surface area contributed by atoms with Crippen LogP contribution in [-0.2, 0) is 24.1 Å². The maximum absolute atomic E-state index is 12.6. The zero-order valence-corrected chi connectivity index (χ0v) is 15.8. The lowest BCUT2D eigenvalue weighted by molar-refractivity contribution is -0.137. The Labute approximate surface area is 159 Å². The zero-order valence-electron chi connectivity index (χ0n) is 15.0. The predicted octanol–water partition coefficient (Wildman–Crippen LogP) is 3.09. The van der Waals surface area contributed by atoms with E-state index in [1.54, 1.807) is 25.4 Å². The lowest BCUT2D eigenvalue weighted by atomic mass is 10.1. The Kier molecular flexibility index (Phi) is 7.23. The van der Waals surface area contributed by atoms with Crippen molar-refractivity contribution >= 4 is 23.2 Å². The number of nitrogens with one attached hydrogen (secondary N) is 2. The first-order valence-corrected chi connectivity index (χ1v) is 9.04. The van der Waals surface area contributed by atoms with Gasteiger partial charge >= 0.3 is 6.18 Å². The fourth-order valence-corrected chi connectivity index (χ4v) is 2.69. The molecule has 0 saturated carbocycles. The van der Waals surface area contributed by atoms with Gasteiger partial charge in [0, 0.05) is 19.0 Å². The number of guanidine groups is 1. The van der Waals surface area contributed by atoms with E-state index in [2.05, 4.69) is 15.6 Å². The van der Waals surface area contributed by atoms with Crippen molar-refractivity contribution in [3.05, 3.63) is 57.8 Å². The SMILES string of the molecule is CN(C)C(=O)CNC(=NCc1ccc(C(F)(F)F)cc1)NCc1cccs1. The molecule has 1 amide bonds. The monoisotopic (exact) mass is 398 g/mol. The minimum absolute atomic E-state index is 0.0658. The summed E-state index contributed by atoms with van der Waals surface area (Å²) in [7, 11) is 3.31. The number of amides is 1. The van der Waals surface area contributed by atoms with Crippen LogP contribution in [0.4, 0.5) is 13.2 Å². The van der Waals surface area contributed by atoms with Crippen molar-refractivity contribution < 1.29 is 18.0 Å². The molecular weight excluding hydrogens is 377 g/mol. The molecule has 0 aliphatic carbocycles. The third kappa shape index (κ3) is 6.93. The van der Waals surface area contributed by atoms with Gasteiger partial charge in [0.25, 0.3) is 0 Å². The molecule has 0 aliphatic rings. The van der Waals surface area contributed by atoms with Gasteiger partial charge in [-0.1, -0.05) is 18.2 Å². The van der Waals surface area contributed by atoms with Gasteiger partial charge in [-0.2, -0.15) is 13.2 Å². The van der Waals surface area contributed by atoms with Crippen LogP contribution in [0.25, 0.3) is 0 Å². The molecule has 0 spiro atoms. The Morgan fingerprint density at radius 1 is 1.15 bits per heavy atom. The molecule has 0 unspecified atom stereocenters. The molecule has 0 aliphatic heterocycles. The van der Waals surface area contributed by atoms with E-state index >= 15 is 0 Å². The average molecular weight is 398 g/mol. The van der Waals surface area contributed by atoms with Gasteiger partial charge in [0.2, 0.25) is 5.91 Å². The topological polar surface area (TPSA) is 56.7 Å². The number of nitrogens with zero attached hydrogens (tertiary/aromatic N) is 2. The summed E-state index contributed by atoms with van der Waals surface area (Å²) in [6, 6.07) is 8.77. The molecule has 146 valence electrons. The third-order valence-electron chi connectivity index (χ3n) is 3.62. The molecule has 0 radical (unpaired) electrons. The first-order valence-electron chi connectivity index (χ1n) is 8.16. The number of carbonyl (C=O) groups is 1. The highest BCUT2D eigenvalue weighted by Gasteiger charge is 2.29. The Bertz CT molecular complexity index is 756. The van der Waals surface area contributed by atoms with Gasteiger partial charge < -0.3 is 15.5 Å². The molecule has 0 bridgehead atoms. The number of hydrogen-bond acceptors (Lipinski definition) is 3. The van der Waals surface area contributed by atoms with Gasteiger partial charge in [0.15, 0.2) is 5.96 Å². The zero-order chi connectivity index (χ0) is 19.9. The van der Waals surface area contributed by atoms with Gasteiger partial charge in [0.05, 0.1) is 25.2 Å². The van der Waals surface area contributed by atoms with E-state index in [1.165, 1.54) is 17.0 Å². The molecule has 1 aromatic heterocycles. The van der Waals surface area contributed by atoms with Crippen LogP contribution >= 0.6 is 11.3 Å². The standard InChI is InChI=1S/C18H21F3N4OS/c1-25(2)16(26)12-24-17(23-11-15-4-3-9-27-15)22-10-13-5-7-14(8-6-13)18(19,20)21/h3-9H,10-12H2,1-2H3,(H2,22,23,24). The first-order chi connectivity index (χ1) is 12.8. The van der Waals surface area contributed by atoms with Crippen LogP contribution in [0.1, 0.15) is 16.0 Å². The smallest absolute Gasteiger partial charge is 0.351 e. The van der Waals surface area contributed by atoms with Crippen LogP contribution in [0.3, 0.4) is 0 Å². The van der Waals surface area contributed by atoms with E-state index in [0.717, 1.165) is 17.0 Å². The maximum Gasteiger partial charge on any atom is 0.416 e. The molecule has 2 aromatic rings. The molecule has 5 nitrogen and oxygen atoms in total. The van der Waals surface area contributed by atoms with Crippen LogP contribution in [0.2, 0.25) is 0 Å². The number of alkyl halides is 3. The first kappa shape index (κ1) is 20.8. The molecule has 2 rings (SSSR count). The lowest BCUT2D eigenvalue weighted by Gasteiger charge is -2.14. The summed E-state index contributed by atoms with van der Waals surface area (Å²) in [6.07, 6.45) is -4.36. The Morgan fingerprint density at radius 3 is 2.41 bits per heavy atom. The molecule has 0 saturated heterocycles. The molecule has 1 heterocycles. The van der Waals surface area contributed by atoms with Crippen molar-refractivity contribution in [2.75, 3.05) is 20.6 Å². The number of hydrogen-bond donors (Lipinski definition) is 2.